The maximum absolute atomic E-state index is 13.9. The number of halogens is 1. The summed E-state index contributed by atoms with van der Waals surface area (Å²) in [5.74, 6) is 1.18. The molecule has 2 unspecified atom stereocenters. The van der Waals surface area contributed by atoms with E-state index < -0.39 is 0 Å². The van der Waals surface area contributed by atoms with E-state index in [2.05, 4.69) is 42.7 Å². The van der Waals surface area contributed by atoms with Crippen molar-refractivity contribution in [1.29, 1.82) is 0 Å². The number of amides is 2. The molecule has 0 radical (unpaired) electrons. The molecular weight excluding hydrogens is 590 g/mol. The van der Waals surface area contributed by atoms with Gasteiger partial charge in [-0.15, -0.1) is 12.4 Å². The molecule has 2 aliphatic rings. The molecule has 2 amide bonds. The van der Waals surface area contributed by atoms with Crippen molar-refractivity contribution in [2.24, 2.45) is 5.92 Å². The lowest BCUT2D eigenvalue weighted by Gasteiger charge is -2.36. The molecule has 5 rings (SSSR count). The molecule has 242 valence electrons. The molecule has 2 fully saturated rings. The Morgan fingerprint density at radius 2 is 1.69 bits per heavy atom. The largest absolute Gasteiger partial charge is 0.496 e. The monoisotopic (exact) mass is 635 g/mol. The van der Waals surface area contributed by atoms with Gasteiger partial charge in [-0.25, -0.2) is 0 Å². The molecule has 0 spiro atoms. The number of hydrogen-bond acceptors (Lipinski definition) is 6. The number of hydrogen-bond donors (Lipinski definition) is 2. The van der Waals surface area contributed by atoms with E-state index in [-0.39, 0.29) is 42.2 Å². The minimum absolute atomic E-state index is 0. The summed E-state index contributed by atoms with van der Waals surface area (Å²) < 4.78 is 17.0. The highest BCUT2D eigenvalue weighted by molar-refractivity contribution is 5.95. The van der Waals surface area contributed by atoms with Crippen LogP contribution in [0.1, 0.15) is 58.3 Å². The fraction of sp³-hybridized carbons (Fsp3) is 0.444. The van der Waals surface area contributed by atoms with E-state index in [1.54, 1.807) is 19.2 Å². The van der Waals surface area contributed by atoms with Gasteiger partial charge in [-0.2, -0.15) is 0 Å². The van der Waals surface area contributed by atoms with Gasteiger partial charge in [0.1, 0.15) is 11.5 Å². The highest BCUT2D eigenvalue weighted by Crippen LogP contribution is 2.32. The van der Waals surface area contributed by atoms with Gasteiger partial charge in [0.05, 0.1) is 32.8 Å². The van der Waals surface area contributed by atoms with Crippen LogP contribution in [0.3, 0.4) is 0 Å². The zero-order chi connectivity index (χ0) is 30.9. The summed E-state index contributed by atoms with van der Waals surface area (Å²) in [6.45, 7) is 7.75. The number of carbonyl (C=O) groups is 2. The molecule has 1 aliphatic carbocycles. The lowest BCUT2D eigenvalue weighted by Crippen LogP contribution is -2.55. The molecule has 45 heavy (non-hydrogen) atoms. The van der Waals surface area contributed by atoms with E-state index in [0.29, 0.717) is 50.6 Å². The Kier molecular flexibility index (Phi) is 12.7. The lowest BCUT2D eigenvalue weighted by atomic mass is 9.91. The number of piperidine rings is 1. The van der Waals surface area contributed by atoms with Crippen LogP contribution in [0.25, 0.3) is 0 Å². The van der Waals surface area contributed by atoms with Gasteiger partial charge in [-0.1, -0.05) is 36.4 Å². The second-order valence-electron chi connectivity index (χ2n) is 11.8. The Labute approximate surface area is 273 Å². The average molecular weight is 636 g/mol. The van der Waals surface area contributed by atoms with Gasteiger partial charge in [0, 0.05) is 42.7 Å². The second kappa shape index (κ2) is 16.6. The minimum Gasteiger partial charge on any atom is -0.496 e. The van der Waals surface area contributed by atoms with Crippen LogP contribution in [-0.2, 0) is 22.7 Å². The zero-order valence-electron chi connectivity index (χ0n) is 26.6. The number of ether oxygens (including phenoxy) is 3. The number of carbonyl (C=O) groups excluding carboxylic acids is 2. The SMILES string of the molecule is COc1ccccc1COCCCOc1ccc(C(=O)NC2CCNCC2C(=O)N(Cc2cccc(C)c2C)C2CC2)cc1.Cl. The van der Waals surface area contributed by atoms with E-state index in [1.165, 1.54) is 16.7 Å². The maximum atomic E-state index is 13.9. The minimum atomic E-state index is -0.300. The zero-order valence-corrected chi connectivity index (χ0v) is 27.4. The molecule has 9 heteroatoms. The number of aryl methyl sites for hydroxylation is 1. The number of benzene rings is 3. The van der Waals surface area contributed by atoms with E-state index in [4.69, 9.17) is 14.2 Å². The third-order valence-corrected chi connectivity index (χ3v) is 8.71. The number of methoxy groups -OCH3 is 1. The summed E-state index contributed by atoms with van der Waals surface area (Å²) in [4.78, 5) is 29.2. The first-order valence-corrected chi connectivity index (χ1v) is 15.7. The molecule has 1 heterocycles. The molecular formula is C36H46ClN3O5. The standard InChI is InChI=1S/C36H45N3O5.ClH/c1-25-8-6-10-28(26(25)2)23-39(30-14-15-30)36(41)32-22-37-19-18-33(32)38-35(40)27-12-16-31(17-13-27)44-21-7-20-43-24-29-9-4-5-11-34(29)42-3;/h4-6,8-13,16-17,30,32-33,37H,7,14-15,18-24H2,1-3H3,(H,38,40);1H. The molecule has 0 bridgehead atoms. The Morgan fingerprint density at radius 1 is 0.933 bits per heavy atom. The number of rotatable bonds is 14. The van der Waals surface area contributed by atoms with Gasteiger partial charge in [-0.05, 0) is 86.7 Å². The highest BCUT2D eigenvalue weighted by Gasteiger charge is 2.40. The van der Waals surface area contributed by atoms with Crippen molar-refractivity contribution in [2.75, 3.05) is 33.4 Å². The Hall–Kier alpha value is -3.59. The number of nitrogens with one attached hydrogen (secondary N) is 2. The third-order valence-electron chi connectivity index (χ3n) is 8.71. The molecule has 2 N–H and O–H groups in total. The van der Waals surface area contributed by atoms with Gasteiger partial charge in [-0.3, -0.25) is 9.59 Å². The Morgan fingerprint density at radius 3 is 2.44 bits per heavy atom. The van der Waals surface area contributed by atoms with Crippen LogP contribution in [0.15, 0.2) is 66.7 Å². The average Bonchev–Trinajstić information content (AvgIpc) is 3.89. The summed E-state index contributed by atoms with van der Waals surface area (Å²) in [5, 5.41) is 6.56. The molecule has 3 aromatic carbocycles. The van der Waals surface area contributed by atoms with E-state index in [0.717, 1.165) is 37.1 Å². The van der Waals surface area contributed by atoms with Crippen LogP contribution >= 0.6 is 12.4 Å². The Bertz CT molecular complexity index is 1410. The number of para-hydroxylation sites is 1. The normalized spacial score (nSPS) is 17.6. The highest BCUT2D eigenvalue weighted by atomic mass is 35.5. The first-order chi connectivity index (χ1) is 21.4. The third kappa shape index (κ3) is 9.22. The fourth-order valence-corrected chi connectivity index (χ4v) is 5.75. The van der Waals surface area contributed by atoms with Gasteiger partial charge in [0.25, 0.3) is 5.91 Å². The predicted octanol–water partition coefficient (Wildman–Crippen LogP) is 5.62. The van der Waals surface area contributed by atoms with Crippen molar-refractivity contribution in [2.45, 2.75) is 64.8 Å². The van der Waals surface area contributed by atoms with Gasteiger partial charge in [0.2, 0.25) is 5.91 Å². The van der Waals surface area contributed by atoms with Crippen molar-refractivity contribution in [3.05, 3.63) is 94.5 Å². The lowest BCUT2D eigenvalue weighted by molar-refractivity contribution is -0.138. The van der Waals surface area contributed by atoms with Crippen molar-refractivity contribution in [3.63, 3.8) is 0 Å². The topological polar surface area (TPSA) is 89.1 Å². The van der Waals surface area contributed by atoms with Crippen molar-refractivity contribution in [1.82, 2.24) is 15.5 Å². The summed E-state index contributed by atoms with van der Waals surface area (Å²) >= 11 is 0. The molecule has 2 atom stereocenters. The number of nitrogens with zero attached hydrogens (tertiary/aromatic N) is 1. The quantitative estimate of drug-likeness (QED) is 0.224. The van der Waals surface area contributed by atoms with Crippen LogP contribution in [-0.4, -0.2) is 62.2 Å². The van der Waals surface area contributed by atoms with Crippen LogP contribution in [0.2, 0.25) is 0 Å². The van der Waals surface area contributed by atoms with E-state index >= 15 is 0 Å². The van der Waals surface area contributed by atoms with E-state index in [1.807, 2.05) is 41.3 Å². The smallest absolute Gasteiger partial charge is 0.251 e. The van der Waals surface area contributed by atoms with Crippen LogP contribution in [0.4, 0.5) is 0 Å². The van der Waals surface area contributed by atoms with Gasteiger partial charge < -0.3 is 29.7 Å². The first kappa shape index (κ1) is 34.3. The van der Waals surface area contributed by atoms with Crippen LogP contribution in [0, 0.1) is 19.8 Å². The molecule has 3 aromatic rings. The van der Waals surface area contributed by atoms with E-state index in [9.17, 15) is 9.59 Å². The first-order valence-electron chi connectivity index (χ1n) is 15.7. The summed E-state index contributed by atoms with van der Waals surface area (Å²) in [5.41, 5.74) is 5.24. The molecule has 1 saturated heterocycles. The van der Waals surface area contributed by atoms with Crippen molar-refractivity contribution >= 4 is 24.2 Å². The summed E-state index contributed by atoms with van der Waals surface area (Å²) in [6, 6.07) is 21.4. The van der Waals surface area contributed by atoms with Crippen molar-refractivity contribution in [3.8, 4) is 11.5 Å². The summed E-state index contributed by atoms with van der Waals surface area (Å²) in [6.07, 6.45) is 3.53. The molecule has 0 aromatic heterocycles. The summed E-state index contributed by atoms with van der Waals surface area (Å²) in [7, 11) is 1.66. The molecule has 1 aliphatic heterocycles. The molecule has 8 nitrogen and oxygen atoms in total. The van der Waals surface area contributed by atoms with Gasteiger partial charge >= 0.3 is 0 Å². The van der Waals surface area contributed by atoms with Crippen LogP contribution in [0.5, 0.6) is 11.5 Å². The molecule has 1 saturated carbocycles. The van der Waals surface area contributed by atoms with Crippen LogP contribution < -0.4 is 20.1 Å². The predicted molar refractivity (Wildman–Crippen MR) is 178 cm³/mol. The van der Waals surface area contributed by atoms with Crippen molar-refractivity contribution < 1.29 is 23.8 Å². The fourth-order valence-electron chi connectivity index (χ4n) is 5.75. The second-order valence-corrected chi connectivity index (χ2v) is 11.8. The maximum Gasteiger partial charge on any atom is 0.251 e. The van der Waals surface area contributed by atoms with Gasteiger partial charge in [0.15, 0.2) is 0 Å². The Balaban J connectivity index is 0.00000461.